The number of carbonyl (C=O) groups excluding carboxylic acids is 1. The van der Waals surface area contributed by atoms with Gasteiger partial charge in [-0.3, -0.25) is 4.79 Å². The van der Waals surface area contributed by atoms with E-state index in [0.717, 1.165) is 11.1 Å². The summed E-state index contributed by atoms with van der Waals surface area (Å²) in [4.78, 5) is 11.8. The van der Waals surface area contributed by atoms with Crippen LogP contribution < -0.4 is 21.1 Å². The summed E-state index contributed by atoms with van der Waals surface area (Å²) < 4.78 is 5.50. The van der Waals surface area contributed by atoms with Crippen LogP contribution in [0.4, 0.5) is 17.1 Å². The number of anilines is 3. The molecule has 26 heavy (non-hydrogen) atoms. The standard InChI is InChI=1S/C19H21N5O2/c1-11(2)21-12-8-9-15(16(10-12)26-3)22-17-13-6-4-5-7-14(13)23-24-18(17)19(20)25/h4-11,21H,1-3H3,(H2,20,25)(H,22,23). The first-order chi connectivity index (χ1) is 12.5. The molecule has 1 heterocycles. The van der Waals surface area contributed by atoms with Crippen LogP contribution in [0.1, 0.15) is 24.3 Å². The maximum Gasteiger partial charge on any atom is 0.271 e. The summed E-state index contributed by atoms with van der Waals surface area (Å²) in [7, 11) is 1.59. The number of nitrogens with zero attached hydrogens (tertiary/aromatic N) is 2. The second-order valence-electron chi connectivity index (χ2n) is 6.14. The molecule has 0 saturated carbocycles. The number of nitrogens with two attached hydrogens (primary N) is 1. The summed E-state index contributed by atoms with van der Waals surface area (Å²) >= 11 is 0. The van der Waals surface area contributed by atoms with E-state index in [-0.39, 0.29) is 5.69 Å². The summed E-state index contributed by atoms with van der Waals surface area (Å²) in [5.41, 5.74) is 8.37. The van der Waals surface area contributed by atoms with E-state index in [2.05, 4.69) is 34.7 Å². The topological polar surface area (TPSA) is 102 Å². The third-order valence-electron chi connectivity index (χ3n) is 3.82. The number of carbonyl (C=O) groups is 1. The number of hydrogen-bond acceptors (Lipinski definition) is 6. The first kappa shape index (κ1) is 17.5. The van der Waals surface area contributed by atoms with Gasteiger partial charge < -0.3 is 21.1 Å². The van der Waals surface area contributed by atoms with Gasteiger partial charge in [0.25, 0.3) is 5.91 Å². The largest absolute Gasteiger partial charge is 0.494 e. The number of benzene rings is 2. The highest BCUT2D eigenvalue weighted by atomic mass is 16.5. The highest BCUT2D eigenvalue weighted by molar-refractivity contribution is 6.06. The average molecular weight is 351 g/mol. The highest BCUT2D eigenvalue weighted by Crippen LogP contribution is 2.34. The van der Waals surface area contributed by atoms with Crippen LogP contribution in [0.15, 0.2) is 42.5 Å². The van der Waals surface area contributed by atoms with Crippen molar-refractivity contribution in [1.29, 1.82) is 0 Å². The van der Waals surface area contributed by atoms with Gasteiger partial charge in [0.2, 0.25) is 0 Å². The molecule has 7 heteroatoms. The van der Waals surface area contributed by atoms with Crippen molar-refractivity contribution >= 4 is 33.9 Å². The molecule has 134 valence electrons. The first-order valence-corrected chi connectivity index (χ1v) is 8.26. The minimum Gasteiger partial charge on any atom is -0.494 e. The van der Waals surface area contributed by atoms with Crippen molar-refractivity contribution in [1.82, 2.24) is 10.2 Å². The fourth-order valence-electron chi connectivity index (χ4n) is 2.70. The van der Waals surface area contributed by atoms with E-state index in [1.54, 1.807) is 7.11 Å². The van der Waals surface area contributed by atoms with Gasteiger partial charge in [-0.15, -0.1) is 10.2 Å². The molecule has 0 aliphatic carbocycles. The van der Waals surface area contributed by atoms with Crippen molar-refractivity contribution in [2.45, 2.75) is 19.9 Å². The minimum absolute atomic E-state index is 0.0788. The summed E-state index contributed by atoms with van der Waals surface area (Å²) in [5.74, 6) is -0.0187. The third kappa shape index (κ3) is 3.51. The van der Waals surface area contributed by atoms with E-state index < -0.39 is 5.91 Å². The Kier molecular flexibility index (Phi) is 4.88. The molecule has 1 aromatic heterocycles. The average Bonchev–Trinajstić information content (AvgIpc) is 2.62. The lowest BCUT2D eigenvalue weighted by molar-refractivity contribution is 0.0995. The van der Waals surface area contributed by atoms with E-state index in [1.165, 1.54) is 0 Å². The Balaban J connectivity index is 2.08. The Hall–Kier alpha value is -3.35. The summed E-state index contributed by atoms with van der Waals surface area (Å²) in [5, 5.41) is 15.4. The molecule has 4 N–H and O–H groups in total. The Morgan fingerprint density at radius 2 is 1.92 bits per heavy atom. The fourth-order valence-corrected chi connectivity index (χ4v) is 2.70. The molecule has 0 spiro atoms. The van der Waals surface area contributed by atoms with Gasteiger partial charge in [-0.25, -0.2) is 0 Å². The fraction of sp³-hybridized carbons (Fsp3) is 0.211. The SMILES string of the molecule is COc1cc(NC(C)C)ccc1Nc1c(C(N)=O)nnc2ccccc12. The van der Waals surface area contributed by atoms with Crippen LogP contribution in [0.3, 0.4) is 0 Å². The maximum atomic E-state index is 11.8. The van der Waals surface area contributed by atoms with Gasteiger partial charge in [0.15, 0.2) is 5.69 Å². The van der Waals surface area contributed by atoms with E-state index in [9.17, 15) is 4.79 Å². The number of primary amides is 1. The number of rotatable bonds is 6. The lowest BCUT2D eigenvalue weighted by Crippen LogP contribution is -2.17. The zero-order chi connectivity index (χ0) is 18.7. The van der Waals surface area contributed by atoms with Crippen molar-refractivity contribution in [3.05, 3.63) is 48.2 Å². The number of hydrogen-bond donors (Lipinski definition) is 3. The second kappa shape index (κ2) is 7.26. The van der Waals surface area contributed by atoms with Crippen LogP contribution >= 0.6 is 0 Å². The monoisotopic (exact) mass is 351 g/mol. The maximum absolute atomic E-state index is 11.8. The van der Waals surface area contributed by atoms with Gasteiger partial charge in [0, 0.05) is 23.2 Å². The highest BCUT2D eigenvalue weighted by Gasteiger charge is 2.17. The predicted molar refractivity (Wildman–Crippen MR) is 103 cm³/mol. The van der Waals surface area contributed by atoms with Gasteiger partial charge in [-0.1, -0.05) is 18.2 Å². The van der Waals surface area contributed by atoms with Gasteiger partial charge in [0.05, 0.1) is 24.0 Å². The number of fused-ring (bicyclic) bond motifs is 1. The lowest BCUT2D eigenvalue weighted by atomic mass is 10.1. The molecule has 0 atom stereocenters. The summed E-state index contributed by atoms with van der Waals surface area (Å²) in [6, 6.07) is 13.4. The van der Waals surface area contributed by atoms with E-state index in [4.69, 9.17) is 10.5 Å². The second-order valence-corrected chi connectivity index (χ2v) is 6.14. The molecular formula is C19H21N5O2. The van der Waals surface area contributed by atoms with Crippen LogP contribution in [0.25, 0.3) is 10.9 Å². The number of ether oxygens (including phenoxy) is 1. The van der Waals surface area contributed by atoms with Crippen LogP contribution in [0.2, 0.25) is 0 Å². The lowest BCUT2D eigenvalue weighted by Gasteiger charge is -2.17. The van der Waals surface area contributed by atoms with Crippen LogP contribution in [0, 0.1) is 0 Å². The molecule has 3 rings (SSSR count). The molecule has 2 aromatic carbocycles. The molecule has 0 radical (unpaired) electrons. The van der Waals surface area contributed by atoms with Crippen LogP contribution in [-0.4, -0.2) is 29.3 Å². The molecular weight excluding hydrogens is 330 g/mol. The molecule has 0 unspecified atom stereocenters. The third-order valence-corrected chi connectivity index (χ3v) is 3.82. The molecule has 0 saturated heterocycles. The van der Waals surface area contributed by atoms with Crippen LogP contribution in [0.5, 0.6) is 5.75 Å². The van der Waals surface area contributed by atoms with Gasteiger partial charge in [0.1, 0.15) is 5.75 Å². The van der Waals surface area contributed by atoms with Crippen LogP contribution in [-0.2, 0) is 0 Å². The summed E-state index contributed by atoms with van der Waals surface area (Å²) in [6.07, 6.45) is 0. The van der Waals surface area contributed by atoms with Gasteiger partial charge in [-0.05, 0) is 32.0 Å². The minimum atomic E-state index is -0.650. The zero-order valence-corrected chi connectivity index (χ0v) is 14.9. The Labute approximate surface area is 151 Å². The van der Waals surface area contributed by atoms with Gasteiger partial charge in [-0.2, -0.15) is 0 Å². The molecule has 0 bridgehead atoms. The Bertz CT molecular complexity index is 956. The first-order valence-electron chi connectivity index (χ1n) is 8.26. The normalized spacial score (nSPS) is 10.8. The molecule has 7 nitrogen and oxygen atoms in total. The number of methoxy groups -OCH3 is 1. The van der Waals surface area contributed by atoms with E-state index in [0.29, 0.717) is 28.7 Å². The molecule has 3 aromatic rings. The quantitative estimate of drug-likeness (QED) is 0.630. The van der Waals surface area contributed by atoms with Gasteiger partial charge >= 0.3 is 0 Å². The molecule has 0 fully saturated rings. The van der Waals surface area contributed by atoms with Crippen molar-refractivity contribution < 1.29 is 9.53 Å². The zero-order valence-electron chi connectivity index (χ0n) is 14.9. The number of amides is 1. The summed E-state index contributed by atoms with van der Waals surface area (Å²) in [6.45, 7) is 4.12. The number of aromatic nitrogens is 2. The number of nitrogens with one attached hydrogen (secondary N) is 2. The smallest absolute Gasteiger partial charge is 0.271 e. The van der Waals surface area contributed by atoms with Crippen molar-refractivity contribution in [2.75, 3.05) is 17.7 Å². The molecule has 0 aliphatic heterocycles. The van der Waals surface area contributed by atoms with Crippen molar-refractivity contribution in [3.63, 3.8) is 0 Å². The Morgan fingerprint density at radius 3 is 2.62 bits per heavy atom. The molecule has 1 amide bonds. The van der Waals surface area contributed by atoms with E-state index >= 15 is 0 Å². The van der Waals surface area contributed by atoms with E-state index in [1.807, 2.05) is 42.5 Å². The Morgan fingerprint density at radius 1 is 1.15 bits per heavy atom. The molecule has 0 aliphatic rings. The predicted octanol–water partition coefficient (Wildman–Crippen LogP) is 3.30. The van der Waals surface area contributed by atoms with Crippen molar-refractivity contribution in [2.24, 2.45) is 5.73 Å². The van der Waals surface area contributed by atoms with Crippen molar-refractivity contribution in [3.8, 4) is 5.75 Å².